The molecule has 3 rings (SSSR count). The fraction of sp³-hybridized carbons (Fsp3) is 0.429. The third-order valence-corrected chi connectivity index (χ3v) is 4.93. The number of piperidine rings is 1. The lowest BCUT2D eigenvalue weighted by Crippen LogP contribution is -2.37. The lowest BCUT2D eigenvalue weighted by Gasteiger charge is -2.33. The van der Waals surface area contributed by atoms with E-state index in [1.807, 2.05) is 13.0 Å². The molecule has 1 atom stereocenters. The van der Waals surface area contributed by atoms with Gasteiger partial charge in [0.2, 0.25) is 0 Å². The maximum Gasteiger partial charge on any atom is 0.168 e. The van der Waals surface area contributed by atoms with Crippen molar-refractivity contribution >= 4 is 0 Å². The highest BCUT2D eigenvalue weighted by Gasteiger charge is 2.22. The number of hydrogen-bond donors (Lipinski definition) is 0. The van der Waals surface area contributed by atoms with Crippen molar-refractivity contribution in [2.75, 3.05) is 26.2 Å². The molecule has 0 spiro atoms. The van der Waals surface area contributed by atoms with E-state index in [-0.39, 0.29) is 18.3 Å². The second kappa shape index (κ2) is 8.58. The van der Waals surface area contributed by atoms with E-state index >= 15 is 0 Å². The van der Waals surface area contributed by atoms with Crippen LogP contribution in [0.2, 0.25) is 0 Å². The van der Waals surface area contributed by atoms with Crippen LogP contribution in [0.1, 0.15) is 31.2 Å². The van der Waals surface area contributed by atoms with Crippen molar-refractivity contribution in [3.63, 3.8) is 0 Å². The molecule has 2 aromatic rings. The molecule has 2 aromatic carbocycles. The van der Waals surface area contributed by atoms with Gasteiger partial charge >= 0.3 is 0 Å². The average molecular weight is 363 g/mol. The maximum absolute atomic E-state index is 13.6. The monoisotopic (exact) mass is 363 g/mol. The van der Waals surface area contributed by atoms with Gasteiger partial charge in [0.15, 0.2) is 23.2 Å². The largest absolute Gasteiger partial charge is 0.490 e. The molecule has 1 fully saturated rings. The average Bonchev–Trinajstić information content (AvgIpc) is 2.65. The van der Waals surface area contributed by atoms with Crippen molar-refractivity contribution in [1.82, 2.24) is 4.90 Å². The molecule has 26 heavy (non-hydrogen) atoms. The molecule has 0 N–H and O–H groups in total. The van der Waals surface area contributed by atoms with Crippen molar-refractivity contribution < 1.29 is 17.9 Å². The van der Waals surface area contributed by atoms with Crippen molar-refractivity contribution in [1.29, 1.82) is 0 Å². The van der Waals surface area contributed by atoms with Crippen LogP contribution in [0.25, 0.3) is 0 Å². The van der Waals surface area contributed by atoms with E-state index in [0.717, 1.165) is 38.5 Å². The summed E-state index contributed by atoms with van der Waals surface area (Å²) in [7, 11) is 0. The predicted octanol–water partition coefficient (Wildman–Crippen LogP) is 5.00. The zero-order valence-corrected chi connectivity index (χ0v) is 14.9. The molecule has 1 aliphatic heterocycles. The summed E-state index contributed by atoms with van der Waals surface area (Å²) in [4.78, 5) is 2.38. The Bertz CT molecular complexity index is 715. The number of likely N-dealkylation sites (tertiary alicyclic amines) is 1. The van der Waals surface area contributed by atoms with Gasteiger partial charge in [0.1, 0.15) is 0 Å². The minimum atomic E-state index is -1.20. The second-order valence-corrected chi connectivity index (χ2v) is 7.10. The van der Waals surface area contributed by atoms with Crippen LogP contribution in [-0.2, 0) is 0 Å². The van der Waals surface area contributed by atoms with Gasteiger partial charge in [-0.25, -0.2) is 13.2 Å². The van der Waals surface area contributed by atoms with Crippen molar-refractivity contribution in [3.8, 4) is 5.75 Å². The van der Waals surface area contributed by atoms with Crippen LogP contribution in [-0.4, -0.2) is 31.1 Å². The van der Waals surface area contributed by atoms with E-state index in [2.05, 4.69) is 29.2 Å². The Morgan fingerprint density at radius 3 is 2.35 bits per heavy atom. The number of benzene rings is 2. The van der Waals surface area contributed by atoms with Crippen LogP contribution in [0.3, 0.4) is 0 Å². The van der Waals surface area contributed by atoms with Crippen molar-refractivity contribution in [2.24, 2.45) is 5.92 Å². The van der Waals surface area contributed by atoms with Gasteiger partial charge in [-0.1, -0.05) is 37.3 Å². The van der Waals surface area contributed by atoms with E-state index < -0.39 is 17.5 Å². The maximum atomic E-state index is 13.6. The van der Waals surface area contributed by atoms with E-state index in [1.165, 1.54) is 5.56 Å². The smallest absolute Gasteiger partial charge is 0.168 e. The zero-order valence-electron chi connectivity index (χ0n) is 14.9. The summed E-state index contributed by atoms with van der Waals surface area (Å²) in [6.07, 6.45) is 2.24. The van der Waals surface area contributed by atoms with E-state index in [0.29, 0.717) is 12.0 Å². The third-order valence-electron chi connectivity index (χ3n) is 4.93. The minimum absolute atomic E-state index is 0.163. The van der Waals surface area contributed by atoms with Crippen LogP contribution in [0.4, 0.5) is 13.2 Å². The van der Waals surface area contributed by atoms with Gasteiger partial charge in [-0.3, -0.25) is 0 Å². The molecule has 1 saturated heterocycles. The van der Waals surface area contributed by atoms with Crippen LogP contribution in [0.15, 0.2) is 42.5 Å². The Morgan fingerprint density at radius 2 is 1.65 bits per heavy atom. The fourth-order valence-corrected chi connectivity index (χ4v) is 3.51. The molecule has 0 saturated carbocycles. The number of rotatable bonds is 6. The first-order valence-corrected chi connectivity index (χ1v) is 9.07. The molecular formula is C21H24F3NO. The lowest BCUT2D eigenvalue weighted by molar-refractivity contribution is 0.154. The molecule has 140 valence electrons. The van der Waals surface area contributed by atoms with Gasteiger partial charge in [0.05, 0.1) is 6.61 Å². The summed E-state index contributed by atoms with van der Waals surface area (Å²) >= 11 is 0. The topological polar surface area (TPSA) is 12.5 Å². The van der Waals surface area contributed by atoms with Crippen LogP contribution >= 0.6 is 0 Å². The van der Waals surface area contributed by atoms with Crippen molar-refractivity contribution in [3.05, 3.63) is 65.5 Å². The highest BCUT2D eigenvalue weighted by molar-refractivity contribution is 5.26. The quantitative estimate of drug-likeness (QED) is 0.670. The molecule has 0 amide bonds. The van der Waals surface area contributed by atoms with Gasteiger partial charge in [0, 0.05) is 24.6 Å². The SMILES string of the molecule is C[C@H](COc1cc(F)c(F)cc1F)CN1CCC(c2ccccc2)CC1. The Labute approximate surface area is 152 Å². The highest BCUT2D eigenvalue weighted by Crippen LogP contribution is 2.28. The summed E-state index contributed by atoms with van der Waals surface area (Å²) in [6.45, 7) is 5.15. The molecule has 5 heteroatoms. The lowest BCUT2D eigenvalue weighted by atomic mass is 9.89. The molecule has 0 aliphatic carbocycles. The molecule has 0 bridgehead atoms. The molecule has 2 nitrogen and oxygen atoms in total. The normalized spacial score (nSPS) is 17.2. The van der Waals surface area contributed by atoms with Gasteiger partial charge in [-0.2, -0.15) is 0 Å². The first kappa shape index (κ1) is 18.8. The first-order chi connectivity index (χ1) is 12.5. The second-order valence-electron chi connectivity index (χ2n) is 7.10. The third kappa shape index (κ3) is 4.79. The van der Waals surface area contributed by atoms with Crippen LogP contribution < -0.4 is 4.74 Å². The van der Waals surface area contributed by atoms with Gasteiger partial charge in [-0.15, -0.1) is 0 Å². The van der Waals surface area contributed by atoms with E-state index in [1.54, 1.807) is 0 Å². The number of ether oxygens (including phenoxy) is 1. The molecule has 0 radical (unpaired) electrons. The van der Waals surface area contributed by atoms with Gasteiger partial charge < -0.3 is 9.64 Å². The fourth-order valence-electron chi connectivity index (χ4n) is 3.51. The number of nitrogens with zero attached hydrogens (tertiary/aromatic N) is 1. The van der Waals surface area contributed by atoms with E-state index in [9.17, 15) is 13.2 Å². The summed E-state index contributed by atoms with van der Waals surface area (Å²) in [6, 6.07) is 11.9. The van der Waals surface area contributed by atoms with E-state index in [4.69, 9.17) is 4.74 Å². The molecule has 1 aliphatic rings. The first-order valence-electron chi connectivity index (χ1n) is 9.07. The van der Waals surface area contributed by atoms with Crippen LogP contribution in [0.5, 0.6) is 5.75 Å². The Balaban J connectivity index is 1.45. The summed E-state index contributed by atoms with van der Waals surface area (Å²) < 4.78 is 45.1. The predicted molar refractivity (Wildman–Crippen MR) is 95.8 cm³/mol. The van der Waals surface area contributed by atoms with Gasteiger partial charge in [-0.05, 0) is 37.4 Å². The molecule has 0 aromatic heterocycles. The summed E-state index contributed by atoms with van der Waals surface area (Å²) in [5.74, 6) is -2.65. The van der Waals surface area contributed by atoms with Crippen molar-refractivity contribution in [2.45, 2.75) is 25.7 Å². The Kier molecular flexibility index (Phi) is 6.20. The van der Waals surface area contributed by atoms with Crippen LogP contribution in [0, 0.1) is 23.4 Å². The number of hydrogen-bond acceptors (Lipinski definition) is 2. The highest BCUT2D eigenvalue weighted by atomic mass is 19.2. The zero-order chi connectivity index (χ0) is 18.5. The molecule has 1 heterocycles. The van der Waals surface area contributed by atoms with Gasteiger partial charge in [0.25, 0.3) is 0 Å². The number of halogens is 3. The Morgan fingerprint density at radius 1 is 1.00 bits per heavy atom. The standard InChI is InChI=1S/C21H24F3NO/c1-15(14-26-21-12-19(23)18(22)11-20(21)24)13-25-9-7-17(8-10-25)16-5-3-2-4-6-16/h2-6,11-12,15,17H,7-10,13-14H2,1H3/t15-/m0/s1. The Hall–Kier alpha value is -2.01. The molecular weight excluding hydrogens is 339 g/mol. The summed E-state index contributed by atoms with van der Waals surface area (Å²) in [5.41, 5.74) is 1.40. The molecule has 0 unspecified atom stereocenters. The minimum Gasteiger partial charge on any atom is -0.490 e. The summed E-state index contributed by atoms with van der Waals surface area (Å²) in [5, 5.41) is 0.